The minimum Gasteiger partial charge on any atom is -0.281 e. The van der Waals surface area contributed by atoms with Crippen molar-refractivity contribution in [1.82, 2.24) is 0 Å². The standard InChI is InChI=1S/C18H15P.C4H4F6O3S/c1-4-10-16(11-5-1)19(17-12-6-2-7-13-17)18-14-8-3-9-15-18;1-2(5,6)3(7,8)4(9,10)14(11,12)13/h1-15H;1H3,(H,11,12,13). The zero-order valence-electron chi connectivity index (χ0n) is 17.0. The lowest BCUT2D eigenvalue weighted by Crippen LogP contribution is -2.56. The van der Waals surface area contributed by atoms with Crippen molar-refractivity contribution in [2.45, 2.75) is 24.0 Å². The maximum atomic E-state index is 12.2. The fourth-order valence-corrected chi connectivity index (χ4v) is 5.40. The minimum absolute atomic E-state index is 0.446. The molecule has 3 rings (SSSR count). The zero-order chi connectivity index (χ0) is 24.9. The fourth-order valence-electron chi connectivity index (χ4n) is 2.60. The molecule has 0 heterocycles. The highest BCUT2D eigenvalue weighted by atomic mass is 32.2. The van der Waals surface area contributed by atoms with Gasteiger partial charge in [0.1, 0.15) is 0 Å². The van der Waals surface area contributed by atoms with E-state index in [1.165, 1.54) is 15.9 Å². The van der Waals surface area contributed by atoms with Gasteiger partial charge in [0.25, 0.3) is 0 Å². The van der Waals surface area contributed by atoms with E-state index in [1.54, 1.807) is 0 Å². The molecule has 3 nitrogen and oxygen atoms in total. The molecule has 0 fully saturated rings. The van der Waals surface area contributed by atoms with Crippen LogP contribution in [0.5, 0.6) is 0 Å². The highest BCUT2D eigenvalue weighted by Gasteiger charge is 2.75. The minimum atomic E-state index is -6.61. The predicted molar refractivity (Wildman–Crippen MR) is 117 cm³/mol. The Morgan fingerprint density at radius 2 is 0.909 bits per heavy atom. The third-order valence-electron chi connectivity index (χ3n) is 4.28. The molecule has 0 bridgehead atoms. The van der Waals surface area contributed by atoms with Crippen LogP contribution in [-0.4, -0.2) is 30.1 Å². The molecular weight excluding hydrogens is 489 g/mol. The SMILES string of the molecule is CC(F)(F)C(F)(F)C(F)(F)S(=O)(=O)O.c1ccc(P(c2ccccc2)c2ccccc2)cc1. The monoisotopic (exact) mass is 508 g/mol. The van der Waals surface area contributed by atoms with E-state index < -0.39 is 42.1 Å². The van der Waals surface area contributed by atoms with Crippen LogP contribution in [-0.2, 0) is 10.1 Å². The summed E-state index contributed by atoms with van der Waals surface area (Å²) in [5.74, 6) is -11.5. The molecule has 0 aliphatic heterocycles. The molecule has 1 N–H and O–H groups in total. The van der Waals surface area contributed by atoms with Gasteiger partial charge in [0.2, 0.25) is 0 Å². The first-order valence-corrected chi connectivity index (χ1v) is 12.0. The van der Waals surface area contributed by atoms with E-state index in [0.29, 0.717) is 0 Å². The summed E-state index contributed by atoms with van der Waals surface area (Å²) >= 11 is 0. The summed E-state index contributed by atoms with van der Waals surface area (Å²) in [6, 6.07) is 32.3. The molecule has 0 amide bonds. The first-order valence-electron chi connectivity index (χ1n) is 9.26. The lowest BCUT2D eigenvalue weighted by Gasteiger charge is -2.28. The lowest BCUT2D eigenvalue weighted by molar-refractivity contribution is -0.273. The first-order chi connectivity index (χ1) is 15.2. The fraction of sp³-hybridized carbons (Fsp3) is 0.182. The number of rotatable bonds is 6. The van der Waals surface area contributed by atoms with Gasteiger partial charge in [0.05, 0.1) is 0 Å². The summed E-state index contributed by atoms with van der Waals surface area (Å²) in [7, 11) is -7.05. The molecule has 11 heteroatoms. The number of benzene rings is 3. The highest BCUT2D eigenvalue weighted by molar-refractivity contribution is 7.87. The van der Waals surface area contributed by atoms with Gasteiger partial charge in [0.15, 0.2) is 0 Å². The maximum Gasteiger partial charge on any atom is 0.437 e. The zero-order valence-corrected chi connectivity index (χ0v) is 18.8. The summed E-state index contributed by atoms with van der Waals surface area (Å²) in [5.41, 5.74) is 0. The normalized spacial score (nSPS) is 12.8. The Balaban J connectivity index is 0.000000248. The van der Waals surface area contributed by atoms with Crippen LogP contribution < -0.4 is 15.9 Å². The summed E-state index contributed by atoms with van der Waals surface area (Å²) in [4.78, 5) is 0. The van der Waals surface area contributed by atoms with E-state index in [0.717, 1.165) is 0 Å². The molecule has 3 aromatic rings. The maximum absolute atomic E-state index is 12.2. The molecule has 3 aromatic carbocycles. The third kappa shape index (κ3) is 6.13. The van der Waals surface area contributed by atoms with Crippen molar-refractivity contribution in [3.05, 3.63) is 91.0 Å². The molecule has 178 valence electrons. The van der Waals surface area contributed by atoms with Gasteiger partial charge in [-0.15, -0.1) is 0 Å². The van der Waals surface area contributed by atoms with E-state index >= 15 is 0 Å². The van der Waals surface area contributed by atoms with E-state index in [-0.39, 0.29) is 0 Å². The van der Waals surface area contributed by atoms with Gasteiger partial charge in [-0.3, -0.25) is 4.55 Å². The predicted octanol–water partition coefficient (Wildman–Crippen LogP) is 5.20. The first kappa shape index (κ1) is 26.8. The smallest absolute Gasteiger partial charge is 0.281 e. The van der Waals surface area contributed by atoms with Gasteiger partial charge in [-0.2, -0.15) is 34.8 Å². The number of hydrogen-bond donors (Lipinski definition) is 1. The van der Waals surface area contributed by atoms with Gasteiger partial charge in [-0.25, -0.2) is 0 Å². The van der Waals surface area contributed by atoms with E-state index in [9.17, 15) is 34.8 Å². The number of hydrogen-bond acceptors (Lipinski definition) is 2. The summed E-state index contributed by atoms with van der Waals surface area (Å²) in [6.45, 7) is -0.591. The highest BCUT2D eigenvalue weighted by Crippen LogP contribution is 2.47. The van der Waals surface area contributed by atoms with Crippen LogP contribution in [0, 0.1) is 0 Å². The Bertz CT molecular complexity index is 1030. The molecule has 0 aromatic heterocycles. The van der Waals surface area contributed by atoms with Crippen molar-refractivity contribution in [2.24, 2.45) is 0 Å². The molecule has 0 saturated heterocycles. The van der Waals surface area contributed by atoms with Gasteiger partial charge >= 0.3 is 27.2 Å². The van der Waals surface area contributed by atoms with Crippen molar-refractivity contribution < 1.29 is 39.3 Å². The van der Waals surface area contributed by atoms with Crippen molar-refractivity contribution in [3.63, 3.8) is 0 Å². The Kier molecular flexibility index (Phi) is 8.32. The summed E-state index contributed by atoms with van der Waals surface area (Å²) < 4.78 is 99.6. The lowest BCUT2D eigenvalue weighted by atomic mass is 10.2. The van der Waals surface area contributed by atoms with Crippen LogP contribution in [0.3, 0.4) is 0 Å². The molecular formula is C22H19F6O3PS. The van der Waals surface area contributed by atoms with Gasteiger partial charge in [-0.05, 0) is 23.8 Å². The average molecular weight is 508 g/mol. The topological polar surface area (TPSA) is 54.4 Å². The Hall–Kier alpha value is -2.42. The molecule has 0 unspecified atom stereocenters. The largest absolute Gasteiger partial charge is 0.437 e. The van der Waals surface area contributed by atoms with E-state index in [1.807, 2.05) is 0 Å². The Morgan fingerprint density at radius 1 is 0.636 bits per heavy atom. The number of halogens is 6. The Labute approximate surface area is 188 Å². The van der Waals surface area contributed by atoms with Crippen molar-refractivity contribution in [1.29, 1.82) is 0 Å². The molecule has 0 atom stereocenters. The second kappa shape index (κ2) is 10.2. The van der Waals surface area contributed by atoms with E-state index in [4.69, 9.17) is 4.55 Å². The molecule has 0 radical (unpaired) electrons. The van der Waals surface area contributed by atoms with Gasteiger partial charge in [0, 0.05) is 6.92 Å². The van der Waals surface area contributed by atoms with Crippen LogP contribution >= 0.6 is 7.92 Å². The Morgan fingerprint density at radius 3 is 1.09 bits per heavy atom. The van der Waals surface area contributed by atoms with Gasteiger partial charge in [-0.1, -0.05) is 91.0 Å². The van der Waals surface area contributed by atoms with Crippen molar-refractivity contribution in [2.75, 3.05) is 0 Å². The summed E-state index contributed by atoms with van der Waals surface area (Å²) in [5, 5.41) is -2.04. The van der Waals surface area contributed by atoms with Crippen LogP contribution in [0.15, 0.2) is 91.0 Å². The molecule has 0 saturated carbocycles. The molecule has 33 heavy (non-hydrogen) atoms. The van der Waals surface area contributed by atoms with E-state index in [2.05, 4.69) is 91.0 Å². The molecule has 0 aliphatic carbocycles. The molecule has 0 aliphatic rings. The second-order valence-corrected chi connectivity index (χ2v) is 10.5. The second-order valence-electron chi connectivity index (χ2n) is 6.80. The summed E-state index contributed by atoms with van der Waals surface area (Å²) in [6.07, 6.45) is 0. The third-order valence-corrected chi connectivity index (χ3v) is 7.63. The number of alkyl halides is 6. The van der Waals surface area contributed by atoms with Crippen molar-refractivity contribution in [3.8, 4) is 0 Å². The average Bonchev–Trinajstić information content (AvgIpc) is 2.75. The van der Waals surface area contributed by atoms with Crippen molar-refractivity contribution >= 4 is 34.0 Å². The van der Waals surface area contributed by atoms with Crippen LogP contribution in [0.25, 0.3) is 0 Å². The van der Waals surface area contributed by atoms with Crippen LogP contribution in [0.2, 0.25) is 0 Å². The quantitative estimate of drug-likeness (QED) is 0.283. The van der Waals surface area contributed by atoms with Gasteiger partial charge < -0.3 is 0 Å². The van der Waals surface area contributed by atoms with Crippen LogP contribution in [0.1, 0.15) is 6.92 Å². The van der Waals surface area contributed by atoms with Crippen LogP contribution in [0.4, 0.5) is 26.3 Å². The molecule has 0 spiro atoms.